The second kappa shape index (κ2) is 15.6. The van der Waals surface area contributed by atoms with Crippen LogP contribution in [0.1, 0.15) is 46.0 Å². The van der Waals surface area contributed by atoms with E-state index in [1.807, 2.05) is 0 Å². The summed E-state index contributed by atoms with van der Waals surface area (Å²) in [4.78, 5) is 0. The average molecular weight is 491 g/mol. The van der Waals surface area contributed by atoms with Gasteiger partial charge in [-0.3, -0.25) is 0 Å². The molecular formula is C18H31BCl4Zr. The average Bonchev–Trinajstić information content (AvgIpc) is 3.11. The van der Waals surface area contributed by atoms with Gasteiger partial charge in [0, 0.05) is 0 Å². The molecule has 0 spiro atoms. The molecule has 0 aromatic rings. The van der Waals surface area contributed by atoms with Crippen LogP contribution in [0.3, 0.4) is 0 Å². The van der Waals surface area contributed by atoms with Crippen LogP contribution in [-0.4, -0.2) is 5.54 Å². The summed E-state index contributed by atoms with van der Waals surface area (Å²) in [6, 6.07) is 0. The fraction of sp³-hybridized carbons (Fsp3) is 0.667. The van der Waals surface area contributed by atoms with Crippen molar-refractivity contribution in [2.24, 2.45) is 23.7 Å². The van der Waals surface area contributed by atoms with Crippen LogP contribution < -0.4 is 0 Å². The molecule has 0 radical (unpaired) electrons. The molecule has 0 aliphatic heterocycles. The molecular weight excluding hydrogens is 460 g/mol. The molecule has 0 amide bonds. The van der Waals surface area contributed by atoms with Crippen molar-refractivity contribution in [2.75, 3.05) is 0 Å². The Hall–Kier alpha value is 1.59. The number of halogens is 4. The van der Waals surface area contributed by atoms with Gasteiger partial charge in [0.2, 0.25) is 0 Å². The predicted molar refractivity (Wildman–Crippen MR) is 112 cm³/mol. The molecule has 2 saturated carbocycles. The summed E-state index contributed by atoms with van der Waals surface area (Å²) in [6.07, 6.45) is 15.7. The molecule has 0 aromatic heterocycles. The Morgan fingerprint density at radius 1 is 0.958 bits per heavy atom. The van der Waals surface area contributed by atoms with Crippen LogP contribution in [-0.2, 0) is 20.8 Å². The Morgan fingerprint density at radius 2 is 1.46 bits per heavy atom. The van der Waals surface area contributed by atoms with Gasteiger partial charge < -0.3 is 14.9 Å². The summed E-state index contributed by atoms with van der Waals surface area (Å²) in [5.74, 6) is 4.09. The fourth-order valence-electron chi connectivity index (χ4n) is 3.70. The van der Waals surface area contributed by atoms with Crippen molar-refractivity contribution >= 4 is 45.5 Å². The van der Waals surface area contributed by atoms with E-state index in [1.54, 1.807) is 0 Å². The normalized spacial score (nSPS) is 29.6. The van der Waals surface area contributed by atoms with Crippen molar-refractivity contribution in [3.63, 3.8) is 0 Å². The summed E-state index contributed by atoms with van der Waals surface area (Å²) >= 11 is 10.5. The maximum absolute atomic E-state index is 5.65. The Labute approximate surface area is 179 Å². The number of allylic oxidation sites excluding steroid dienone is 4. The molecule has 4 atom stereocenters. The molecule has 4 unspecified atom stereocenters. The topological polar surface area (TPSA) is 0 Å². The Bertz CT molecular complexity index is 357. The molecule has 0 heterocycles. The third-order valence-electron chi connectivity index (χ3n) is 5.20. The van der Waals surface area contributed by atoms with Gasteiger partial charge in [0.25, 0.3) is 0 Å². The van der Waals surface area contributed by atoms with Crippen molar-refractivity contribution in [3.8, 4) is 0 Å². The molecule has 3 aliphatic rings. The van der Waals surface area contributed by atoms with Crippen LogP contribution in [0.25, 0.3) is 0 Å². The second-order valence-corrected chi connectivity index (χ2v) is 11.4. The van der Waals surface area contributed by atoms with E-state index in [9.17, 15) is 0 Å². The first kappa shape index (κ1) is 27.8. The molecule has 3 rings (SSSR count). The third kappa shape index (κ3) is 9.50. The number of rotatable bonds is 1. The molecule has 0 saturated heterocycles. The Morgan fingerprint density at radius 3 is 1.88 bits per heavy atom. The Kier molecular flexibility index (Phi) is 18.1. The van der Waals surface area contributed by atoms with Gasteiger partial charge in [0.1, 0.15) is 0 Å². The first-order valence-corrected chi connectivity index (χ1v) is 15.3. The standard InChI is InChI=1S/C11H16.C5H9BCl2.2CH3.2ClH.Zr/c1-8-7-10-5-3-4-6-11(10)9(8)2;7-6(8)5-3-1-2-4-5;;;;;/h3-6,8-11H,7H2,1-2H3;5H,1-4H2;2*1H3;2*1H;/q;;2*-1;;;+4/p-2. The summed E-state index contributed by atoms with van der Waals surface area (Å²) in [5, 5.41) is 0. The van der Waals surface area contributed by atoms with Crippen molar-refractivity contribution in [1.82, 2.24) is 0 Å². The van der Waals surface area contributed by atoms with E-state index >= 15 is 0 Å². The van der Waals surface area contributed by atoms with Crippen LogP contribution in [0.15, 0.2) is 24.3 Å². The molecule has 24 heavy (non-hydrogen) atoms. The molecule has 0 nitrogen and oxygen atoms in total. The van der Waals surface area contributed by atoms with E-state index in [2.05, 4.69) is 38.2 Å². The summed E-state index contributed by atoms with van der Waals surface area (Å²) in [7, 11) is 9.87. The minimum atomic E-state index is -0.826. The van der Waals surface area contributed by atoms with E-state index in [4.69, 9.17) is 39.9 Å². The molecule has 6 heteroatoms. The van der Waals surface area contributed by atoms with E-state index in [0.717, 1.165) is 23.7 Å². The van der Waals surface area contributed by atoms with Gasteiger partial charge in [-0.2, -0.15) is 22.9 Å². The van der Waals surface area contributed by atoms with Crippen LogP contribution in [0.4, 0.5) is 0 Å². The van der Waals surface area contributed by atoms with Gasteiger partial charge in [-0.05, 0) is 35.9 Å². The zero-order chi connectivity index (χ0) is 16.5. The monoisotopic (exact) mass is 488 g/mol. The SMILES string of the molecule is CC1CC2C=CC=CC2C1C.ClB(Cl)C1CCCC1.[CH3-].[CH3-].[Cl][Zr+2][Cl]. The van der Waals surface area contributed by atoms with E-state index < -0.39 is 20.8 Å². The number of hydrogen-bond acceptors (Lipinski definition) is 0. The van der Waals surface area contributed by atoms with Gasteiger partial charge in [0.15, 0.2) is 0 Å². The number of hydrogen-bond donors (Lipinski definition) is 0. The van der Waals surface area contributed by atoms with Crippen molar-refractivity contribution in [1.29, 1.82) is 0 Å². The van der Waals surface area contributed by atoms with E-state index in [-0.39, 0.29) is 20.4 Å². The fourth-order valence-corrected chi connectivity index (χ4v) is 4.21. The molecule has 0 bridgehead atoms. The van der Waals surface area contributed by atoms with E-state index in [1.165, 1.54) is 32.1 Å². The van der Waals surface area contributed by atoms with Crippen LogP contribution in [0, 0.1) is 38.5 Å². The molecule has 0 N–H and O–H groups in total. The van der Waals surface area contributed by atoms with Gasteiger partial charge in [-0.25, -0.2) is 0 Å². The summed E-state index contributed by atoms with van der Waals surface area (Å²) < 4.78 is 0. The summed E-state index contributed by atoms with van der Waals surface area (Å²) in [6.45, 7) is 4.77. The first-order chi connectivity index (χ1) is 10.5. The molecule has 3 aliphatic carbocycles. The molecule has 0 aromatic carbocycles. The maximum atomic E-state index is 5.65. The van der Waals surface area contributed by atoms with Crippen molar-refractivity contribution in [2.45, 2.75) is 51.8 Å². The summed E-state index contributed by atoms with van der Waals surface area (Å²) in [5.41, 5.74) is -0.113. The van der Waals surface area contributed by atoms with Gasteiger partial charge >= 0.3 is 43.4 Å². The van der Waals surface area contributed by atoms with Crippen LogP contribution >= 0.6 is 39.9 Å². The second-order valence-electron chi connectivity index (χ2n) is 6.53. The number of fused-ring (bicyclic) bond motifs is 1. The molecule has 138 valence electrons. The zero-order valence-electron chi connectivity index (χ0n) is 15.3. The Balaban J connectivity index is 0. The van der Waals surface area contributed by atoms with Gasteiger partial charge in [-0.15, -0.1) is 0 Å². The van der Waals surface area contributed by atoms with Crippen LogP contribution in [0.2, 0.25) is 5.82 Å². The van der Waals surface area contributed by atoms with E-state index in [0.29, 0.717) is 5.82 Å². The first-order valence-electron chi connectivity index (χ1n) is 8.10. The zero-order valence-corrected chi connectivity index (χ0v) is 20.8. The van der Waals surface area contributed by atoms with Gasteiger partial charge in [-0.1, -0.05) is 63.8 Å². The van der Waals surface area contributed by atoms with Crippen LogP contribution in [0.5, 0.6) is 0 Å². The minimum absolute atomic E-state index is 0. The van der Waals surface area contributed by atoms with Crippen molar-refractivity contribution < 1.29 is 20.8 Å². The van der Waals surface area contributed by atoms with Crippen molar-refractivity contribution in [3.05, 3.63) is 39.2 Å². The van der Waals surface area contributed by atoms with Gasteiger partial charge in [0.05, 0.1) is 0 Å². The molecule has 2 fully saturated rings. The predicted octanol–water partition coefficient (Wildman–Crippen LogP) is 8.19. The quantitative estimate of drug-likeness (QED) is 0.256. The third-order valence-corrected chi connectivity index (χ3v) is 5.91.